The monoisotopic (exact) mass is 268 g/mol. The van der Waals surface area contributed by atoms with Crippen LogP contribution in [0.25, 0.3) is 0 Å². The highest BCUT2D eigenvalue weighted by Gasteiger charge is 2.09. The summed E-state index contributed by atoms with van der Waals surface area (Å²) < 4.78 is 1.28. The van der Waals surface area contributed by atoms with Crippen molar-refractivity contribution in [2.45, 2.75) is 5.16 Å². The SMILES string of the molecule is Nn1cnnc1SCC(=O)c1ccc(Cl)cc1. The normalized spacial score (nSPS) is 10.4. The number of rotatable bonds is 4. The summed E-state index contributed by atoms with van der Waals surface area (Å²) in [7, 11) is 0. The number of hydrogen-bond acceptors (Lipinski definition) is 5. The predicted molar refractivity (Wildman–Crippen MR) is 66.7 cm³/mol. The van der Waals surface area contributed by atoms with Crippen molar-refractivity contribution in [3.8, 4) is 0 Å². The molecule has 1 aromatic carbocycles. The largest absolute Gasteiger partial charge is 0.336 e. The molecule has 0 aliphatic rings. The molecule has 88 valence electrons. The van der Waals surface area contributed by atoms with E-state index in [0.717, 1.165) is 0 Å². The molecule has 2 aromatic rings. The minimum Gasteiger partial charge on any atom is -0.336 e. The van der Waals surface area contributed by atoms with E-state index in [0.29, 0.717) is 15.7 Å². The molecule has 5 nitrogen and oxygen atoms in total. The summed E-state index contributed by atoms with van der Waals surface area (Å²) in [6, 6.07) is 6.76. The van der Waals surface area contributed by atoms with E-state index >= 15 is 0 Å². The number of aromatic nitrogens is 3. The lowest BCUT2D eigenvalue weighted by Crippen LogP contribution is -2.09. The second-order valence-corrected chi connectivity index (χ2v) is 4.62. The molecule has 2 N–H and O–H groups in total. The van der Waals surface area contributed by atoms with Gasteiger partial charge in [0, 0.05) is 10.6 Å². The number of hydrogen-bond donors (Lipinski definition) is 1. The Kier molecular flexibility index (Phi) is 3.65. The van der Waals surface area contributed by atoms with Gasteiger partial charge in [-0.1, -0.05) is 23.4 Å². The van der Waals surface area contributed by atoms with Crippen molar-refractivity contribution in [2.75, 3.05) is 11.6 Å². The summed E-state index contributed by atoms with van der Waals surface area (Å²) in [6.45, 7) is 0. The van der Waals surface area contributed by atoms with Crippen molar-refractivity contribution in [1.82, 2.24) is 14.9 Å². The van der Waals surface area contributed by atoms with Gasteiger partial charge in [0.15, 0.2) is 5.78 Å². The van der Waals surface area contributed by atoms with Crippen molar-refractivity contribution in [2.24, 2.45) is 0 Å². The van der Waals surface area contributed by atoms with Crippen molar-refractivity contribution in [1.29, 1.82) is 0 Å². The number of nitrogens with zero attached hydrogens (tertiary/aromatic N) is 3. The van der Waals surface area contributed by atoms with Gasteiger partial charge in [0.25, 0.3) is 0 Å². The molecule has 0 amide bonds. The van der Waals surface area contributed by atoms with Crippen LogP contribution in [-0.4, -0.2) is 26.4 Å². The molecule has 0 aliphatic heterocycles. The van der Waals surface area contributed by atoms with Gasteiger partial charge in [-0.05, 0) is 24.3 Å². The fourth-order valence-electron chi connectivity index (χ4n) is 1.18. The molecule has 0 saturated heterocycles. The van der Waals surface area contributed by atoms with Gasteiger partial charge in [-0.2, -0.15) is 0 Å². The zero-order valence-corrected chi connectivity index (χ0v) is 10.3. The Hall–Kier alpha value is -1.53. The number of Topliss-reactive ketones (excluding diaryl/α,β-unsaturated/α-hetero) is 1. The number of nitrogens with two attached hydrogens (primary N) is 1. The minimum absolute atomic E-state index is 0.00494. The molecule has 7 heteroatoms. The maximum Gasteiger partial charge on any atom is 0.209 e. The average molecular weight is 269 g/mol. The van der Waals surface area contributed by atoms with Gasteiger partial charge in [0.1, 0.15) is 6.33 Å². The number of ketones is 1. The first-order chi connectivity index (χ1) is 8.16. The van der Waals surface area contributed by atoms with E-state index in [4.69, 9.17) is 17.4 Å². The van der Waals surface area contributed by atoms with Gasteiger partial charge < -0.3 is 5.84 Å². The molecular weight excluding hydrogens is 260 g/mol. The maximum absolute atomic E-state index is 11.8. The molecule has 0 unspecified atom stereocenters. The van der Waals surface area contributed by atoms with Crippen LogP contribution in [0.2, 0.25) is 5.02 Å². The lowest BCUT2D eigenvalue weighted by atomic mass is 10.1. The summed E-state index contributed by atoms with van der Waals surface area (Å²) in [4.78, 5) is 11.8. The third kappa shape index (κ3) is 2.98. The Morgan fingerprint density at radius 3 is 2.71 bits per heavy atom. The smallest absolute Gasteiger partial charge is 0.209 e. The summed E-state index contributed by atoms with van der Waals surface area (Å²) in [5.74, 6) is 5.78. The molecule has 1 aromatic heterocycles. The van der Waals surface area contributed by atoms with E-state index in [2.05, 4.69) is 10.2 Å². The van der Waals surface area contributed by atoms with Gasteiger partial charge >= 0.3 is 0 Å². The molecule has 0 saturated carbocycles. The average Bonchev–Trinajstić information content (AvgIpc) is 2.73. The van der Waals surface area contributed by atoms with Crippen LogP contribution in [-0.2, 0) is 0 Å². The second kappa shape index (κ2) is 5.20. The number of nitrogen functional groups attached to an aromatic ring is 1. The van der Waals surface area contributed by atoms with Crippen LogP contribution < -0.4 is 5.84 Å². The Morgan fingerprint density at radius 2 is 2.12 bits per heavy atom. The highest BCUT2D eigenvalue weighted by atomic mass is 35.5. The number of carbonyl (C=O) groups is 1. The Labute approximate surface area is 107 Å². The fourth-order valence-corrected chi connectivity index (χ4v) is 2.04. The molecule has 0 aliphatic carbocycles. The zero-order chi connectivity index (χ0) is 12.3. The van der Waals surface area contributed by atoms with E-state index in [1.165, 1.54) is 22.8 Å². The third-order valence-corrected chi connectivity index (χ3v) is 3.25. The standard InChI is InChI=1S/C10H9ClN4OS/c11-8-3-1-7(2-4-8)9(16)5-17-10-14-13-6-15(10)12/h1-4,6H,5,12H2. The minimum atomic E-state index is -0.00494. The molecule has 0 bridgehead atoms. The van der Waals surface area contributed by atoms with Crippen LogP contribution in [0.3, 0.4) is 0 Å². The van der Waals surface area contributed by atoms with E-state index in [-0.39, 0.29) is 11.5 Å². The Morgan fingerprint density at radius 1 is 1.41 bits per heavy atom. The van der Waals surface area contributed by atoms with E-state index < -0.39 is 0 Å². The quantitative estimate of drug-likeness (QED) is 0.518. The number of halogens is 1. The third-order valence-electron chi connectivity index (χ3n) is 2.04. The highest BCUT2D eigenvalue weighted by Crippen LogP contribution is 2.16. The lowest BCUT2D eigenvalue weighted by Gasteiger charge is -2.01. The van der Waals surface area contributed by atoms with E-state index in [9.17, 15) is 4.79 Å². The van der Waals surface area contributed by atoms with Crippen molar-refractivity contribution < 1.29 is 4.79 Å². The van der Waals surface area contributed by atoms with Crippen molar-refractivity contribution >= 4 is 29.1 Å². The van der Waals surface area contributed by atoms with E-state index in [1.54, 1.807) is 24.3 Å². The van der Waals surface area contributed by atoms with Gasteiger partial charge in [-0.3, -0.25) is 4.79 Å². The first kappa shape index (κ1) is 11.9. The number of thioether (sulfide) groups is 1. The summed E-state index contributed by atoms with van der Waals surface area (Å²) in [6.07, 6.45) is 1.38. The van der Waals surface area contributed by atoms with Gasteiger partial charge in [0.05, 0.1) is 5.75 Å². The van der Waals surface area contributed by atoms with Crippen LogP contribution in [0.15, 0.2) is 35.7 Å². The van der Waals surface area contributed by atoms with Gasteiger partial charge in [0.2, 0.25) is 5.16 Å². The topological polar surface area (TPSA) is 73.8 Å². The molecule has 1 heterocycles. The van der Waals surface area contributed by atoms with Crippen molar-refractivity contribution in [3.63, 3.8) is 0 Å². The van der Waals surface area contributed by atoms with Crippen LogP contribution in [0.4, 0.5) is 0 Å². The summed E-state index contributed by atoms with van der Waals surface area (Å²) >= 11 is 6.98. The number of benzene rings is 1. The molecule has 0 radical (unpaired) electrons. The second-order valence-electron chi connectivity index (χ2n) is 3.24. The van der Waals surface area contributed by atoms with Gasteiger partial charge in [-0.25, -0.2) is 4.68 Å². The lowest BCUT2D eigenvalue weighted by molar-refractivity contribution is 0.102. The highest BCUT2D eigenvalue weighted by molar-refractivity contribution is 7.99. The number of carbonyl (C=O) groups excluding carboxylic acids is 1. The first-order valence-corrected chi connectivity index (χ1v) is 6.10. The van der Waals surface area contributed by atoms with Crippen LogP contribution >= 0.6 is 23.4 Å². The van der Waals surface area contributed by atoms with Crippen LogP contribution in [0.5, 0.6) is 0 Å². The molecule has 0 atom stereocenters. The van der Waals surface area contributed by atoms with Crippen LogP contribution in [0, 0.1) is 0 Å². The summed E-state index contributed by atoms with van der Waals surface area (Å²) in [5.41, 5.74) is 0.616. The summed E-state index contributed by atoms with van der Waals surface area (Å²) in [5, 5.41) is 8.51. The molecule has 2 rings (SSSR count). The van der Waals surface area contributed by atoms with E-state index in [1.807, 2.05) is 0 Å². The Balaban J connectivity index is 1.98. The molecule has 17 heavy (non-hydrogen) atoms. The predicted octanol–water partition coefficient (Wildman–Crippen LogP) is 1.62. The Bertz CT molecular complexity index is 525. The molecule has 0 fully saturated rings. The van der Waals surface area contributed by atoms with Gasteiger partial charge in [-0.15, -0.1) is 10.2 Å². The first-order valence-electron chi connectivity index (χ1n) is 4.73. The molecular formula is C10H9ClN4OS. The maximum atomic E-state index is 11.8. The van der Waals surface area contributed by atoms with Crippen molar-refractivity contribution in [3.05, 3.63) is 41.2 Å². The van der Waals surface area contributed by atoms with Crippen LogP contribution in [0.1, 0.15) is 10.4 Å². The zero-order valence-electron chi connectivity index (χ0n) is 8.71. The molecule has 0 spiro atoms. The fraction of sp³-hybridized carbons (Fsp3) is 0.100.